The Bertz CT molecular complexity index is 1700. The number of nitrogens with zero attached hydrogens (tertiary/aromatic N) is 3. The van der Waals surface area contributed by atoms with Crippen LogP contribution in [0.15, 0.2) is 35.4 Å². The molecule has 8 N–H and O–H groups in total. The summed E-state index contributed by atoms with van der Waals surface area (Å²) >= 11 is 0. The number of anilines is 2. The summed E-state index contributed by atoms with van der Waals surface area (Å²) in [4.78, 5) is 59.5. The van der Waals surface area contributed by atoms with E-state index in [1.54, 1.807) is 12.1 Å². The second kappa shape index (κ2) is 12.7. The van der Waals surface area contributed by atoms with Gasteiger partial charge >= 0.3 is 28.4 Å². The van der Waals surface area contributed by atoms with Gasteiger partial charge in [0.15, 0.2) is 17.4 Å². The fourth-order valence-electron chi connectivity index (χ4n) is 4.09. The van der Waals surface area contributed by atoms with Crippen LogP contribution in [-0.2, 0) is 33.7 Å². The molecule has 1 aliphatic heterocycles. The molecule has 0 saturated carbocycles. The van der Waals surface area contributed by atoms with Crippen molar-refractivity contribution in [2.45, 2.75) is 56.1 Å². The Labute approximate surface area is 246 Å². The van der Waals surface area contributed by atoms with E-state index in [9.17, 15) is 47.3 Å². The molecule has 1 aliphatic rings. The Hall–Kier alpha value is -2.44. The number of halogens is 2. The number of phosphoric acid groups is 1. The number of aliphatic hydroxyl groups excluding tert-OH is 2. The fourth-order valence-corrected chi connectivity index (χ4v) is 7.77. The van der Waals surface area contributed by atoms with E-state index in [0.717, 1.165) is 35.7 Å². The van der Waals surface area contributed by atoms with Gasteiger partial charge in [-0.1, -0.05) is 25.5 Å². The van der Waals surface area contributed by atoms with E-state index in [4.69, 9.17) is 14.5 Å². The molecule has 3 heterocycles. The van der Waals surface area contributed by atoms with Gasteiger partial charge in [-0.2, -0.15) is 13.8 Å². The average Bonchev–Trinajstić information content (AvgIpc) is 3.46. The third kappa shape index (κ3) is 7.17. The SMILES string of the molecule is CCCCc1ccc(Nc2nc3c(ncn3[C@@H]3O[C@H](COP(=O)(O)OP(=O)(O)C(F)(F)P(=O)(O)O)[C@@H](O)[C@H]3O)c(=O)[nH]2)cc1. The lowest BCUT2D eigenvalue weighted by Crippen LogP contribution is -2.33. The predicted molar refractivity (Wildman–Crippen MR) is 146 cm³/mol. The molecular weight excluding hydrogens is 661 g/mol. The number of hydrogen-bond donors (Lipinski definition) is 8. The highest BCUT2D eigenvalue weighted by molar-refractivity contribution is 7.75. The number of hydrogen-bond acceptors (Lipinski definition) is 12. The molecule has 0 bridgehead atoms. The molecule has 0 amide bonds. The Morgan fingerprint density at radius 3 is 2.39 bits per heavy atom. The van der Waals surface area contributed by atoms with E-state index in [-0.39, 0.29) is 17.1 Å². The summed E-state index contributed by atoms with van der Waals surface area (Å²) in [7, 11) is -19.4. The molecule has 1 aromatic carbocycles. The van der Waals surface area contributed by atoms with Gasteiger partial charge in [0.2, 0.25) is 5.95 Å². The van der Waals surface area contributed by atoms with Gasteiger partial charge in [0.1, 0.15) is 18.3 Å². The zero-order chi connectivity index (χ0) is 32.7. The van der Waals surface area contributed by atoms with Crippen LogP contribution in [0.3, 0.4) is 0 Å². The molecule has 3 aromatic rings. The van der Waals surface area contributed by atoms with E-state index >= 15 is 0 Å². The van der Waals surface area contributed by atoms with Crippen LogP contribution in [0, 0.1) is 0 Å². The minimum atomic E-state index is -6.79. The molecule has 44 heavy (non-hydrogen) atoms. The van der Waals surface area contributed by atoms with Crippen LogP contribution < -0.4 is 10.9 Å². The largest absolute Gasteiger partial charge is 0.479 e. The zero-order valence-electron chi connectivity index (χ0n) is 22.5. The number of nitrogens with one attached hydrogen (secondary N) is 2. The third-order valence-corrected chi connectivity index (χ3v) is 11.5. The van der Waals surface area contributed by atoms with Gasteiger partial charge < -0.3 is 39.8 Å². The number of benzene rings is 1. The molecule has 1 saturated heterocycles. The monoisotopic (exact) mass is 689 g/mol. The van der Waals surface area contributed by atoms with Crippen LogP contribution in [0.2, 0.25) is 0 Å². The molecular formula is C21H28F2N5O13P3. The van der Waals surface area contributed by atoms with Crippen LogP contribution in [0.5, 0.6) is 0 Å². The molecule has 4 rings (SSSR count). The topological polar surface area (TPSA) is 276 Å². The first-order valence-corrected chi connectivity index (χ1v) is 17.3. The second-order valence-corrected chi connectivity index (χ2v) is 15.1. The number of aromatic nitrogens is 4. The quantitative estimate of drug-likeness (QED) is 0.119. The van der Waals surface area contributed by atoms with Gasteiger partial charge in [-0.15, -0.1) is 0 Å². The molecule has 23 heteroatoms. The molecule has 6 atom stereocenters. The van der Waals surface area contributed by atoms with Crippen LogP contribution in [-0.4, -0.2) is 79.6 Å². The Morgan fingerprint density at radius 1 is 1.11 bits per heavy atom. The van der Waals surface area contributed by atoms with Crippen LogP contribution in [0.25, 0.3) is 11.2 Å². The first-order valence-electron chi connectivity index (χ1n) is 12.7. The molecule has 0 radical (unpaired) electrons. The maximum absolute atomic E-state index is 13.6. The predicted octanol–water partition coefficient (Wildman–Crippen LogP) is 1.87. The van der Waals surface area contributed by atoms with Crippen molar-refractivity contribution < 1.29 is 65.8 Å². The van der Waals surface area contributed by atoms with Crippen molar-refractivity contribution in [2.75, 3.05) is 11.9 Å². The van der Waals surface area contributed by atoms with Crippen molar-refractivity contribution >= 4 is 45.8 Å². The number of aryl methyl sites for hydroxylation is 1. The smallest absolute Gasteiger partial charge is 0.387 e. The van der Waals surface area contributed by atoms with Crippen molar-refractivity contribution in [1.29, 1.82) is 0 Å². The molecule has 244 valence electrons. The lowest BCUT2D eigenvalue weighted by atomic mass is 10.1. The number of ether oxygens (including phenoxy) is 1. The fraction of sp³-hybridized carbons (Fsp3) is 0.476. The maximum Gasteiger partial charge on any atom is 0.479 e. The van der Waals surface area contributed by atoms with Gasteiger partial charge in [0.05, 0.1) is 12.9 Å². The van der Waals surface area contributed by atoms with Crippen molar-refractivity contribution in [2.24, 2.45) is 0 Å². The summed E-state index contributed by atoms with van der Waals surface area (Å²) in [5.74, 6) is -0.0163. The highest BCUT2D eigenvalue weighted by Crippen LogP contribution is 2.77. The lowest BCUT2D eigenvalue weighted by molar-refractivity contribution is -0.0503. The highest BCUT2D eigenvalue weighted by Gasteiger charge is 2.67. The molecule has 0 spiro atoms. The summed E-state index contributed by atoms with van der Waals surface area (Å²) in [6, 6.07) is 7.38. The summed E-state index contributed by atoms with van der Waals surface area (Å²) in [6.45, 7) is 0.863. The van der Waals surface area contributed by atoms with Gasteiger partial charge in [-0.05, 0) is 30.5 Å². The third-order valence-electron chi connectivity index (χ3n) is 6.39. The number of alkyl halides is 2. The van der Waals surface area contributed by atoms with Crippen LogP contribution in [0.1, 0.15) is 31.6 Å². The molecule has 0 aliphatic carbocycles. The number of rotatable bonds is 13. The van der Waals surface area contributed by atoms with Crippen molar-refractivity contribution in [3.63, 3.8) is 0 Å². The average molecular weight is 689 g/mol. The van der Waals surface area contributed by atoms with Gasteiger partial charge in [-0.25, -0.2) is 13.9 Å². The van der Waals surface area contributed by atoms with Gasteiger partial charge in [0, 0.05) is 5.69 Å². The first-order chi connectivity index (χ1) is 20.4. The molecule has 2 unspecified atom stereocenters. The standard InChI is InChI=1S/C21H28F2N5O13P3/c1-2-3-4-11-5-7-12(8-6-11)25-20-26-17-14(18(31)27-20)24-10-28(17)19-16(30)15(29)13(40-19)9-39-44(37,38)41-43(35,36)21(22,23)42(32,33)34/h5-8,10,13,15-16,19,29-30H,2-4,9H2,1H3,(H,35,36)(H,37,38)(H2,32,33,34)(H2,25,26,27,31)/t13-,15-,16-,19-/m1/s1. The number of phosphoric ester groups is 1. The second-order valence-electron chi connectivity index (χ2n) is 9.63. The highest BCUT2D eigenvalue weighted by atomic mass is 31.3. The Morgan fingerprint density at radius 2 is 1.77 bits per heavy atom. The summed E-state index contributed by atoms with van der Waals surface area (Å²) in [5, 5.41) is 18.2. The van der Waals surface area contributed by atoms with Crippen molar-refractivity contribution in [3.05, 3.63) is 46.5 Å². The number of unbranched alkanes of at least 4 members (excludes halogenated alkanes) is 1. The van der Waals surface area contributed by atoms with E-state index in [2.05, 4.69) is 36.0 Å². The maximum atomic E-state index is 13.6. The van der Waals surface area contributed by atoms with E-state index in [1.165, 1.54) is 0 Å². The summed E-state index contributed by atoms with van der Waals surface area (Å²) in [6.07, 6.45) is -2.93. The minimum Gasteiger partial charge on any atom is -0.387 e. The summed E-state index contributed by atoms with van der Waals surface area (Å²) in [5.41, 5.74) is 0.720. The van der Waals surface area contributed by atoms with Crippen molar-refractivity contribution in [1.82, 2.24) is 19.5 Å². The first kappa shape index (κ1) is 34.4. The van der Waals surface area contributed by atoms with Crippen LogP contribution >= 0.6 is 23.0 Å². The molecule has 2 aromatic heterocycles. The van der Waals surface area contributed by atoms with E-state index in [1.807, 2.05) is 12.1 Å². The van der Waals surface area contributed by atoms with Gasteiger partial charge in [-0.3, -0.25) is 28.0 Å². The lowest BCUT2D eigenvalue weighted by Gasteiger charge is -2.24. The summed E-state index contributed by atoms with van der Waals surface area (Å²) < 4.78 is 76.2. The Kier molecular flexibility index (Phi) is 9.98. The number of aromatic amines is 1. The van der Waals surface area contributed by atoms with Crippen LogP contribution in [0.4, 0.5) is 20.4 Å². The molecule has 1 fully saturated rings. The number of imidazole rings is 1. The number of H-pyrrole nitrogens is 1. The van der Waals surface area contributed by atoms with E-state index in [0.29, 0.717) is 5.69 Å². The molecule has 18 nitrogen and oxygen atoms in total. The zero-order valence-corrected chi connectivity index (χ0v) is 25.2. The van der Waals surface area contributed by atoms with Crippen molar-refractivity contribution in [3.8, 4) is 0 Å². The van der Waals surface area contributed by atoms with E-state index < -0.39 is 65.1 Å². The number of aliphatic hydroxyl groups is 2. The minimum absolute atomic E-state index is 0.0163. The van der Waals surface area contributed by atoms with Gasteiger partial charge in [0.25, 0.3) is 5.56 Å². The Balaban J connectivity index is 1.49. The number of fused-ring (bicyclic) bond motifs is 1. The normalized spacial score (nSPS) is 23.8.